The standard InChI is InChI=1S/C14H22BrNO/c1-11(12-5-7-13(15)8-6-12)16-10-9-14(2,3)17-4/h5-8,11,16H,9-10H2,1-4H3. The van der Waals surface area contributed by atoms with E-state index >= 15 is 0 Å². The molecule has 0 aliphatic heterocycles. The molecule has 0 aliphatic rings. The molecular weight excluding hydrogens is 278 g/mol. The molecule has 0 heterocycles. The molecule has 17 heavy (non-hydrogen) atoms. The van der Waals surface area contributed by atoms with Crippen LogP contribution in [0.3, 0.4) is 0 Å². The monoisotopic (exact) mass is 299 g/mol. The maximum atomic E-state index is 5.39. The van der Waals surface area contributed by atoms with Crippen molar-refractivity contribution in [2.24, 2.45) is 0 Å². The van der Waals surface area contributed by atoms with Crippen LogP contribution in [-0.4, -0.2) is 19.3 Å². The second-order valence-electron chi connectivity index (χ2n) is 4.94. The number of halogens is 1. The summed E-state index contributed by atoms with van der Waals surface area (Å²) in [6, 6.07) is 8.81. The number of hydrogen-bond acceptors (Lipinski definition) is 2. The molecule has 0 fully saturated rings. The predicted octanol–water partition coefficient (Wildman–Crippen LogP) is 3.91. The molecule has 1 rings (SSSR count). The van der Waals surface area contributed by atoms with Gasteiger partial charge >= 0.3 is 0 Å². The van der Waals surface area contributed by atoms with Crippen molar-refractivity contribution in [3.8, 4) is 0 Å². The first-order valence-corrected chi connectivity index (χ1v) is 6.78. The SMILES string of the molecule is COC(C)(C)CCNC(C)c1ccc(Br)cc1. The Morgan fingerprint density at radius 2 is 1.88 bits per heavy atom. The van der Waals surface area contributed by atoms with E-state index in [1.807, 2.05) is 0 Å². The average Bonchev–Trinajstić information content (AvgIpc) is 2.29. The lowest BCUT2D eigenvalue weighted by Gasteiger charge is -2.24. The Labute approximate surface area is 113 Å². The van der Waals surface area contributed by atoms with Crippen LogP contribution in [-0.2, 0) is 4.74 Å². The summed E-state index contributed by atoms with van der Waals surface area (Å²) < 4.78 is 6.51. The Morgan fingerprint density at radius 3 is 2.41 bits per heavy atom. The van der Waals surface area contributed by atoms with Gasteiger partial charge in [0.05, 0.1) is 5.60 Å². The van der Waals surface area contributed by atoms with Gasteiger partial charge in [0.25, 0.3) is 0 Å². The third kappa shape index (κ3) is 5.19. The lowest BCUT2D eigenvalue weighted by atomic mass is 10.0. The first kappa shape index (κ1) is 14.7. The lowest BCUT2D eigenvalue weighted by Crippen LogP contribution is -2.30. The number of rotatable bonds is 6. The molecule has 0 amide bonds. The number of methoxy groups -OCH3 is 1. The molecule has 1 aromatic rings. The summed E-state index contributed by atoms with van der Waals surface area (Å²) in [5.41, 5.74) is 1.26. The van der Waals surface area contributed by atoms with Crippen molar-refractivity contribution in [1.82, 2.24) is 5.32 Å². The van der Waals surface area contributed by atoms with Crippen molar-refractivity contribution in [1.29, 1.82) is 0 Å². The fourth-order valence-electron chi connectivity index (χ4n) is 1.56. The molecule has 0 saturated carbocycles. The number of nitrogens with one attached hydrogen (secondary N) is 1. The molecule has 3 heteroatoms. The van der Waals surface area contributed by atoms with E-state index in [2.05, 4.69) is 66.3 Å². The van der Waals surface area contributed by atoms with E-state index in [9.17, 15) is 0 Å². The number of ether oxygens (including phenoxy) is 1. The summed E-state index contributed by atoms with van der Waals surface area (Å²) in [6.07, 6.45) is 1.00. The first-order chi connectivity index (χ1) is 7.94. The van der Waals surface area contributed by atoms with Gasteiger partial charge in [-0.2, -0.15) is 0 Å². The topological polar surface area (TPSA) is 21.3 Å². The van der Waals surface area contributed by atoms with Gasteiger partial charge in [-0.1, -0.05) is 28.1 Å². The Balaban J connectivity index is 2.40. The van der Waals surface area contributed by atoms with E-state index in [4.69, 9.17) is 4.74 Å². The second kappa shape index (κ2) is 6.53. The van der Waals surface area contributed by atoms with Gasteiger partial charge in [-0.3, -0.25) is 0 Å². The molecule has 1 aromatic carbocycles. The van der Waals surface area contributed by atoms with E-state index in [-0.39, 0.29) is 5.60 Å². The summed E-state index contributed by atoms with van der Waals surface area (Å²) in [5.74, 6) is 0. The summed E-state index contributed by atoms with van der Waals surface area (Å²) in [5, 5.41) is 3.51. The Hall–Kier alpha value is -0.380. The highest BCUT2D eigenvalue weighted by atomic mass is 79.9. The predicted molar refractivity (Wildman–Crippen MR) is 76.3 cm³/mol. The maximum absolute atomic E-state index is 5.39. The van der Waals surface area contributed by atoms with Gasteiger partial charge < -0.3 is 10.1 Å². The molecule has 0 spiro atoms. The van der Waals surface area contributed by atoms with Crippen LogP contribution in [0.1, 0.15) is 38.8 Å². The van der Waals surface area contributed by atoms with Crippen LogP contribution in [0.5, 0.6) is 0 Å². The highest BCUT2D eigenvalue weighted by Crippen LogP contribution is 2.17. The zero-order valence-electron chi connectivity index (χ0n) is 11.1. The quantitative estimate of drug-likeness (QED) is 0.860. The largest absolute Gasteiger partial charge is 0.379 e. The molecule has 2 nitrogen and oxygen atoms in total. The van der Waals surface area contributed by atoms with E-state index < -0.39 is 0 Å². The second-order valence-corrected chi connectivity index (χ2v) is 5.86. The Morgan fingerprint density at radius 1 is 1.29 bits per heavy atom. The third-order valence-corrected chi connectivity index (χ3v) is 3.63. The van der Waals surface area contributed by atoms with Crippen molar-refractivity contribution in [2.75, 3.05) is 13.7 Å². The number of benzene rings is 1. The average molecular weight is 300 g/mol. The van der Waals surface area contributed by atoms with Crippen LogP contribution >= 0.6 is 15.9 Å². The fourth-order valence-corrected chi connectivity index (χ4v) is 1.83. The molecular formula is C14H22BrNO. The summed E-state index contributed by atoms with van der Waals surface area (Å²) in [6.45, 7) is 7.36. The minimum Gasteiger partial charge on any atom is -0.379 e. The van der Waals surface area contributed by atoms with Crippen LogP contribution in [0.4, 0.5) is 0 Å². The smallest absolute Gasteiger partial charge is 0.0634 e. The zero-order chi connectivity index (χ0) is 12.9. The molecule has 0 aliphatic carbocycles. The summed E-state index contributed by atoms with van der Waals surface area (Å²) in [7, 11) is 1.76. The van der Waals surface area contributed by atoms with Gasteiger partial charge in [0, 0.05) is 17.6 Å². The van der Waals surface area contributed by atoms with E-state index in [0.29, 0.717) is 6.04 Å². The minimum atomic E-state index is -0.0492. The van der Waals surface area contributed by atoms with Crippen LogP contribution < -0.4 is 5.32 Å². The molecule has 0 aromatic heterocycles. The summed E-state index contributed by atoms with van der Waals surface area (Å²) >= 11 is 3.45. The van der Waals surface area contributed by atoms with Gasteiger partial charge in [-0.25, -0.2) is 0 Å². The highest BCUT2D eigenvalue weighted by molar-refractivity contribution is 9.10. The molecule has 0 radical (unpaired) electrons. The fraction of sp³-hybridized carbons (Fsp3) is 0.571. The zero-order valence-corrected chi connectivity index (χ0v) is 12.7. The van der Waals surface area contributed by atoms with Crippen LogP contribution in [0.25, 0.3) is 0 Å². The van der Waals surface area contributed by atoms with Crippen molar-refractivity contribution in [3.63, 3.8) is 0 Å². The molecule has 1 N–H and O–H groups in total. The van der Waals surface area contributed by atoms with Crippen molar-refractivity contribution in [3.05, 3.63) is 34.3 Å². The van der Waals surface area contributed by atoms with E-state index in [1.165, 1.54) is 5.56 Å². The van der Waals surface area contributed by atoms with Gasteiger partial charge in [-0.05, 0) is 51.4 Å². The van der Waals surface area contributed by atoms with Crippen molar-refractivity contribution >= 4 is 15.9 Å². The maximum Gasteiger partial charge on any atom is 0.0634 e. The van der Waals surface area contributed by atoms with Crippen LogP contribution in [0.2, 0.25) is 0 Å². The lowest BCUT2D eigenvalue weighted by molar-refractivity contribution is 0.0154. The molecule has 0 bridgehead atoms. The third-order valence-electron chi connectivity index (χ3n) is 3.10. The first-order valence-electron chi connectivity index (χ1n) is 5.98. The van der Waals surface area contributed by atoms with E-state index in [0.717, 1.165) is 17.4 Å². The van der Waals surface area contributed by atoms with Gasteiger partial charge in [0.1, 0.15) is 0 Å². The highest BCUT2D eigenvalue weighted by Gasteiger charge is 2.16. The molecule has 1 unspecified atom stereocenters. The van der Waals surface area contributed by atoms with Gasteiger partial charge in [0.2, 0.25) is 0 Å². The Bertz CT molecular complexity index is 335. The van der Waals surface area contributed by atoms with Crippen molar-refractivity contribution in [2.45, 2.75) is 38.8 Å². The minimum absolute atomic E-state index is 0.0492. The number of hydrogen-bond donors (Lipinski definition) is 1. The molecule has 96 valence electrons. The van der Waals surface area contributed by atoms with Crippen molar-refractivity contribution < 1.29 is 4.74 Å². The molecule has 0 saturated heterocycles. The van der Waals surface area contributed by atoms with E-state index in [1.54, 1.807) is 7.11 Å². The normalized spacial score (nSPS) is 13.7. The Kier molecular flexibility index (Phi) is 5.63. The van der Waals surface area contributed by atoms with Crippen LogP contribution in [0, 0.1) is 0 Å². The van der Waals surface area contributed by atoms with Crippen LogP contribution in [0.15, 0.2) is 28.7 Å². The molecule has 1 atom stereocenters. The van der Waals surface area contributed by atoms with Gasteiger partial charge in [0.15, 0.2) is 0 Å². The van der Waals surface area contributed by atoms with Gasteiger partial charge in [-0.15, -0.1) is 0 Å². The summed E-state index contributed by atoms with van der Waals surface area (Å²) in [4.78, 5) is 0.